The Morgan fingerprint density at radius 2 is 2.19 bits per heavy atom. The predicted molar refractivity (Wildman–Crippen MR) is 70.9 cm³/mol. The Labute approximate surface area is 120 Å². The Bertz CT molecular complexity index is 615. The van der Waals surface area contributed by atoms with Gasteiger partial charge in [-0.25, -0.2) is 8.42 Å². The molecule has 1 aliphatic heterocycles. The number of morpholine rings is 1. The lowest BCUT2D eigenvalue weighted by atomic mass is 10.2. The third-order valence-electron chi connectivity index (χ3n) is 2.88. The first-order chi connectivity index (χ1) is 9.91. The molecule has 116 valence electrons. The summed E-state index contributed by atoms with van der Waals surface area (Å²) in [4.78, 5) is 11.3. The van der Waals surface area contributed by atoms with Crippen LogP contribution in [0.4, 0.5) is 14.5 Å². The van der Waals surface area contributed by atoms with Crippen LogP contribution in [0.3, 0.4) is 0 Å². The van der Waals surface area contributed by atoms with E-state index in [2.05, 4.69) is 10.6 Å². The SMILES string of the molecule is O=C(Nc1cccc(S(=O)(=O)C(F)F)c1)C1CNCCO1. The van der Waals surface area contributed by atoms with Crippen LogP contribution in [-0.2, 0) is 19.4 Å². The predicted octanol–water partition coefficient (Wildman–Crippen LogP) is 0.610. The highest BCUT2D eigenvalue weighted by Crippen LogP contribution is 2.21. The number of rotatable bonds is 4. The van der Waals surface area contributed by atoms with Gasteiger partial charge in [-0.15, -0.1) is 0 Å². The number of ether oxygens (including phenoxy) is 1. The summed E-state index contributed by atoms with van der Waals surface area (Å²) < 4.78 is 52.9. The van der Waals surface area contributed by atoms with Crippen LogP contribution in [0.2, 0.25) is 0 Å². The van der Waals surface area contributed by atoms with Crippen LogP contribution in [0, 0.1) is 0 Å². The average Bonchev–Trinajstić information content (AvgIpc) is 2.48. The van der Waals surface area contributed by atoms with Gasteiger partial charge in [0.1, 0.15) is 6.10 Å². The third-order valence-corrected chi connectivity index (χ3v) is 4.26. The summed E-state index contributed by atoms with van der Waals surface area (Å²) >= 11 is 0. The summed E-state index contributed by atoms with van der Waals surface area (Å²) in [6.07, 6.45) is -0.700. The van der Waals surface area contributed by atoms with Gasteiger partial charge < -0.3 is 15.4 Å². The number of carbonyl (C=O) groups excluding carboxylic acids is 1. The second kappa shape index (κ2) is 6.46. The molecule has 0 saturated carbocycles. The zero-order valence-corrected chi connectivity index (χ0v) is 11.7. The minimum absolute atomic E-state index is 0.121. The first-order valence-corrected chi connectivity index (χ1v) is 7.71. The van der Waals surface area contributed by atoms with Gasteiger partial charge in [0.05, 0.1) is 11.5 Å². The van der Waals surface area contributed by atoms with Crippen molar-refractivity contribution >= 4 is 21.4 Å². The molecule has 9 heteroatoms. The van der Waals surface area contributed by atoms with Crippen molar-refractivity contribution in [3.05, 3.63) is 24.3 Å². The number of hydrogen-bond acceptors (Lipinski definition) is 5. The van der Waals surface area contributed by atoms with E-state index in [4.69, 9.17) is 4.74 Å². The Morgan fingerprint density at radius 3 is 2.81 bits per heavy atom. The number of benzene rings is 1. The molecule has 0 aromatic heterocycles. The summed E-state index contributed by atoms with van der Waals surface area (Å²) in [5.41, 5.74) is 0.121. The maximum absolute atomic E-state index is 12.5. The maximum Gasteiger partial charge on any atom is 0.341 e. The number of anilines is 1. The van der Waals surface area contributed by atoms with E-state index in [0.717, 1.165) is 12.1 Å². The van der Waals surface area contributed by atoms with Crippen molar-refractivity contribution in [2.75, 3.05) is 25.0 Å². The number of hydrogen-bond donors (Lipinski definition) is 2. The normalized spacial score (nSPS) is 19.5. The Balaban J connectivity index is 2.13. The highest BCUT2D eigenvalue weighted by molar-refractivity contribution is 7.91. The van der Waals surface area contributed by atoms with Crippen molar-refractivity contribution in [2.45, 2.75) is 16.8 Å². The summed E-state index contributed by atoms with van der Waals surface area (Å²) in [5, 5.41) is 5.42. The standard InChI is InChI=1S/C12H14F2N2O4S/c13-12(14)21(18,19)9-3-1-2-8(6-9)16-11(17)10-7-15-4-5-20-10/h1-3,6,10,12,15H,4-5,7H2,(H,16,17). The van der Waals surface area contributed by atoms with Crippen LogP contribution in [0.5, 0.6) is 0 Å². The molecule has 2 N–H and O–H groups in total. The van der Waals surface area contributed by atoms with Crippen LogP contribution in [0.15, 0.2) is 29.2 Å². The van der Waals surface area contributed by atoms with E-state index in [1.54, 1.807) is 0 Å². The van der Waals surface area contributed by atoms with Gasteiger partial charge in [0.2, 0.25) is 9.84 Å². The maximum atomic E-state index is 12.5. The molecule has 1 unspecified atom stereocenters. The largest absolute Gasteiger partial charge is 0.366 e. The first-order valence-electron chi connectivity index (χ1n) is 6.16. The van der Waals surface area contributed by atoms with Crippen molar-refractivity contribution in [1.82, 2.24) is 5.32 Å². The quantitative estimate of drug-likeness (QED) is 0.849. The minimum atomic E-state index is -4.69. The van der Waals surface area contributed by atoms with Crippen molar-refractivity contribution < 1.29 is 26.7 Å². The lowest BCUT2D eigenvalue weighted by molar-refractivity contribution is -0.128. The number of nitrogens with one attached hydrogen (secondary N) is 2. The van der Waals surface area contributed by atoms with Gasteiger partial charge in [0.25, 0.3) is 5.91 Å². The van der Waals surface area contributed by atoms with E-state index in [-0.39, 0.29) is 5.69 Å². The second-order valence-corrected chi connectivity index (χ2v) is 6.30. The Kier molecular flexibility index (Phi) is 4.86. The molecule has 1 fully saturated rings. The summed E-state index contributed by atoms with van der Waals surface area (Å²) in [6, 6.07) is 4.75. The van der Waals surface area contributed by atoms with E-state index in [1.807, 2.05) is 0 Å². The van der Waals surface area contributed by atoms with Crippen molar-refractivity contribution in [3.63, 3.8) is 0 Å². The molecule has 0 aliphatic carbocycles. The van der Waals surface area contributed by atoms with Crippen molar-refractivity contribution in [2.24, 2.45) is 0 Å². The highest BCUT2D eigenvalue weighted by Gasteiger charge is 2.27. The van der Waals surface area contributed by atoms with Crippen LogP contribution >= 0.6 is 0 Å². The van der Waals surface area contributed by atoms with Gasteiger partial charge in [-0.2, -0.15) is 8.78 Å². The zero-order chi connectivity index (χ0) is 15.5. The van der Waals surface area contributed by atoms with Crippen LogP contribution < -0.4 is 10.6 Å². The molecule has 1 amide bonds. The molecule has 1 heterocycles. The van der Waals surface area contributed by atoms with Gasteiger partial charge >= 0.3 is 5.76 Å². The molecule has 6 nitrogen and oxygen atoms in total. The Morgan fingerprint density at radius 1 is 1.43 bits per heavy atom. The molecule has 21 heavy (non-hydrogen) atoms. The highest BCUT2D eigenvalue weighted by atomic mass is 32.2. The topological polar surface area (TPSA) is 84.5 Å². The number of carbonyl (C=O) groups is 1. The number of amides is 1. The fourth-order valence-corrected chi connectivity index (χ4v) is 2.58. The van der Waals surface area contributed by atoms with E-state index in [9.17, 15) is 22.0 Å². The fraction of sp³-hybridized carbons (Fsp3) is 0.417. The van der Waals surface area contributed by atoms with Gasteiger partial charge in [0.15, 0.2) is 0 Å². The molecule has 2 rings (SSSR count). The molecule has 1 saturated heterocycles. The van der Waals surface area contributed by atoms with E-state index in [0.29, 0.717) is 19.7 Å². The zero-order valence-electron chi connectivity index (χ0n) is 10.9. The first kappa shape index (κ1) is 15.8. The lowest BCUT2D eigenvalue weighted by Crippen LogP contribution is -2.45. The summed E-state index contributed by atoms with van der Waals surface area (Å²) in [6.45, 7) is 1.37. The van der Waals surface area contributed by atoms with Gasteiger partial charge in [-0.1, -0.05) is 6.07 Å². The second-order valence-electron chi connectivity index (χ2n) is 4.39. The number of halogens is 2. The fourth-order valence-electron chi connectivity index (χ4n) is 1.81. The number of sulfone groups is 1. The average molecular weight is 320 g/mol. The lowest BCUT2D eigenvalue weighted by Gasteiger charge is -2.22. The molecule has 0 bridgehead atoms. The van der Waals surface area contributed by atoms with Crippen LogP contribution in [-0.4, -0.2) is 45.9 Å². The van der Waals surface area contributed by atoms with Gasteiger partial charge in [0, 0.05) is 18.8 Å². The van der Waals surface area contributed by atoms with Gasteiger partial charge in [-0.05, 0) is 18.2 Å². The molecule has 1 aromatic carbocycles. The van der Waals surface area contributed by atoms with E-state index in [1.165, 1.54) is 12.1 Å². The summed E-state index contributed by atoms with van der Waals surface area (Å²) in [7, 11) is -4.69. The van der Waals surface area contributed by atoms with Crippen LogP contribution in [0.25, 0.3) is 0 Å². The molecule has 1 aromatic rings. The molecule has 1 aliphatic rings. The monoisotopic (exact) mass is 320 g/mol. The Hall–Kier alpha value is -1.58. The molecule has 1 atom stereocenters. The van der Waals surface area contributed by atoms with Crippen molar-refractivity contribution in [1.29, 1.82) is 0 Å². The van der Waals surface area contributed by atoms with Crippen LogP contribution in [0.1, 0.15) is 0 Å². The smallest absolute Gasteiger partial charge is 0.341 e. The molecular formula is C12H14F2N2O4S. The van der Waals surface area contributed by atoms with E-state index < -0.39 is 32.5 Å². The minimum Gasteiger partial charge on any atom is -0.366 e. The van der Waals surface area contributed by atoms with E-state index >= 15 is 0 Å². The molecule has 0 radical (unpaired) electrons. The third kappa shape index (κ3) is 3.74. The molecule has 0 spiro atoms. The molecular weight excluding hydrogens is 306 g/mol. The summed E-state index contributed by atoms with van der Waals surface area (Å²) in [5.74, 6) is -3.97. The van der Waals surface area contributed by atoms with Gasteiger partial charge in [-0.3, -0.25) is 4.79 Å². The van der Waals surface area contributed by atoms with Crippen molar-refractivity contribution in [3.8, 4) is 0 Å². The number of alkyl halides is 2.